The normalized spacial score (nSPS) is 16.2. The van der Waals surface area contributed by atoms with Crippen LogP contribution in [0.15, 0.2) is 71.9 Å². The lowest BCUT2D eigenvalue weighted by Crippen LogP contribution is -2.38. The fourth-order valence-corrected chi connectivity index (χ4v) is 5.96. The highest BCUT2D eigenvalue weighted by atomic mass is 35.5. The fraction of sp³-hybridized carbons (Fsp3) is 0.297. The topological polar surface area (TPSA) is 127 Å². The van der Waals surface area contributed by atoms with E-state index in [1.54, 1.807) is 53.7 Å². The van der Waals surface area contributed by atoms with Crippen LogP contribution in [0.4, 0.5) is 5.69 Å². The summed E-state index contributed by atoms with van der Waals surface area (Å²) in [5, 5.41) is 11.1. The number of amides is 1. The summed E-state index contributed by atoms with van der Waals surface area (Å²) in [7, 11) is 7.89. The minimum absolute atomic E-state index is 0.211. The van der Waals surface area contributed by atoms with Crippen LogP contribution in [0.1, 0.15) is 52.2 Å². The van der Waals surface area contributed by atoms with Crippen LogP contribution < -0.4 is 43.8 Å². The van der Waals surface area contributed by atoms with Crippen molar-refractivity contribution in [3.8, 4) is 40.2 Å². The van der Waals surface area contributed by atoms with Gasteiger partial charge >= 0.3 is 0 Å². The Bertz CT molecular complexity index is 1880. The maximum Gasteiger partial charge on any atom is 0.255 e. The molecular weight excluding hydrogens is 666 g/mol. The SMILES string of the molecule is COc1cc(C2NC(=O)c3cc(Cl)ccc3N2)ccc1OCCCOc1cc(C2CC(c3cc(OC)c(OC)c(OC)c3)=NO2)ccc1OC. The zero-order valence-electron chi connectivity index (χ0n) is 28.3. The molecule has 262 valence electrons. The third-order valence-electron chi connectivity index (χ3n) is 8.35. The summed E-state index contributed by atoms with van der Waals surface area (Å²) >= 11 is 6.06. The highest BCUT2D eigenvalue weighted by Crippen LogP contribution is 2.41. The van der Waals surface area contributed by atoms with Gasteiger partial charge in [0.1, 0.15) is 6.17 Å². The second kappa shape index (κ2) is 15.4. The van der Waals surface area contributed by atoms with E-state index in [9.17, 15) is 4.79 Å². The van der Waals surface area contributed by atoms with Gasteiger partial charge in [-0.25, -0.2) is 0 Å². The van der Waals surface area contributed by atoms with Gasteiger partial charge in [-0.1, -0.05) is 28.9 Å². The number of benzene rings is 4. The molecule has 0 aromatic heterocycles. The first-order valence-electron chi connectivity index (χ1n) is 15.9. The van der Waals surface area contributed by atoms with E-state index in [1.807, 2.05) is 48.5 Å². The molecule has 4 aromatic rings. The third-order valence-corrected chi connectivity index (χ3v) is 8.59. The number of nitrogens with one attached hydrogen (secondary N) is 2. The van der Waals surface area contributed by atoms with E-state index in [1.165, 1.54) is 0 Å². The number of halogens is 1. The Balaban J connectivity index is 1.04. The number of oxime groups is 1. The summed E-state index contributed by atoms with van der Waals surface area (Å²) in [5.74, 6) is 3.68. The summed E-state index contributed by atoms with van der Waals surface area (Å²) < 4.78 is 39.8. The van der Waals surface area contributed by atoms with Crippen LogP contribution in [-0.4, -0.2) is 60.4 Å². The molecule has 0 bridgehead atoms. The zero-order chi connectivity index (χ0) is 35.2. The first kappa shape index (κ1) is 34.4. The molecule has 0 saturated carbocycles. The average Bonchev–Trinajstić information content (AvgIpc) is 3.65. The van der Waals surface area contributed by atoms with Gasteiger partial charge in [0.2, 0.25) is 5.75 Å². The van der Waals surface area contributed by atoms with E-state index in [4.69, 9.17) is 49.6 Å². The number of nitrogens with zero attached hydrogens (tertiary/aromatic N) is 1. The van der Waals surface area contributed by atoms with E-state index in [2.05, 4.69) is 15.8 Å². The maximum absolute atomic E-state index is 12.7. The van der Waals surface area contributed by atoms with Crippen LogP contribution in [0.25, 0.3) is 0 Å². The van der Waals surface area contributed by atoms with Crippen LogP contribution in [0, 0.1) is 0 Å². The number of methoxy groups -OCH3 is 5. The lowest BCUT2D eigenvalue weighted by Gasteiger charge is -2.28. The zero-order valence-corrected chi connectivity index (χ0v) is 29.1. The number of rotatable bonds is 14. The molecule has 0 radical (unpaired) electrons. The van der Waals surface area contributed by atoms with Crippen molar-refractivity contribution in [2.24, 2.45) is 5.16 Å². The molecule has 6 rings (SSSR count). The van der Waals surface area contributed by atoms with Gasteiger partial charge in [-0.3, -0.25) is 4.79 Å². The van der Waals surface area contributed by atoms with Crippen LogP contribution in [0.3, 0.4) is 0 Å². The molecule has 1 amide bonds. The molecule has 4 aromatic carbocycles. The van der Waals surface area contributed by atoms with Crippen molar-refractivity contribution in [1.29, 1.82) is 0 Å². The van der Waals surface area contributed by atoms with E-state index >= 15 is 0 Å². The highest BCUT2D eigenvalue weighted by molar-refractivity contribution is 6.31. The Morgan fingerprint density at radius 2 is 1.38 bits per heavy atom. The number of hydrogen-bond donors (Lipinski definition) is 2. The lowest BCUT2D eigenvalue weighted by molar-refractivity contribution is 0.0854. The highest BCUT2D eigenvalue weighted by Gasteiger charge is 2.28. The quantitative estimate of drug-likeness (QED) is 0.133. The molecule has 0 aliphatic carbocycles. The van der Waals surface area contributed by atoms with Gasteiger partial charge in [0, 0.05) is 29.1 Å². The average molecular weight is 704 g/mol. The molecular formula is C37H38ClN3O9. The Kier molecular flexibility index (Phi) is 10.6. The molecule has 0 fully saturated rings. The molecule has 2 unspecified atom stereocenters. The van der Waals surface area contributed by atoms with Crippen molar-refractivity contribution in [3.05, 3.63) is 94.0 Å². The van der Waals surface area contributed by atoms with Crippen molar-refractivity contribution >= 4 is 28.9 Å². The first-order valence-corrected chi connectivity index (χ1v) is 16.2. The molecule has 50 heavy (non-hydrogen) atoms. The van der Waals surface area contributed by atoms with E-state index in [0.717, 1.165) is 22.4 Å². The minimum atomic E-state index is -0.444. The van der Waals surface area contributed by atoms with Crippen molar-refractivity contribution < 1.29 is 42.8 Å². The molecule has 2 N–H and O–H groups in total. The molecule has 2 aliphatic heterocycles. The Morgan fingerprint density at radius 1 is 0.720 bits per heavy atom. The molecule has 2 atom stereocenters. The van der Waals surface area contributed by atoms with E-state index in [0.29, 0.717) is 82.6 Å². The van der Waals surface area contributed by atoms with Gasteiger partial charge in [-0.05, 0) is 65.7 Å². The van der Waals surface area contributed by atoms with Gasteiger partial charge in [0.15, 0.2) is 40.6 Å². The monoisotopic (exact) mass is 703 g/mol. The second-order valence-electron chi connectivity index (χ2n) is 11.4. The maximum atomic E-state index is 12.7. The summed E-state index contributed by atoms with van der Waals surface area (Å²) in [6, 6.07) is 20.1. The molecule has 2 aliphatic rings. The number of fused-ring (bicyclic) bond motifs is 1. The number of hydrogen-bond acceptors (Lipinski definition) is 11. The minimum Gasteiger partial charge on any atom is -0.493 e. The van der Waals surface area contributed by atoms with Gasteiger partial charge in [-0.15, -0.1) is 0 Å². The predicted octanol–water partition coefficient (Wildman–Crippen LogP) is 6.95. The number of carbonyl (C=O) groups excluding carboxylic acids is 1. The van der Waals surface area contributed by atoms with Crippen LogP contribution >= 0.6 is 11.6 Å². The summed E-state index contributed by atoms with van der Waals surface area (Å²) in [5.41, 5.74) is 4.47. The number of anilines is 1. The molecule has 0 spiro atoms. The summed E-state index contributed by atoms with van der Waals surface area (Å²) in [6.07, 6.45) is 0.359. The van der Waals surface area contributed by atoms with Crippen molar-refractivity contribution in [2.45, 2.75) is 25.1 Å². The van der Waals surface area contributed by atoms with Crippen LogP contribution in [0.5, 0.6) is 40.2 Å². The Labute approximate surface area is 295 Å². The van der Waals surface area contributed by atoms with Crippen molar-refractivity contribution in [2.75, 3.05) is 54.1 Å². The fourth-order valence-electron chi connectivity index (χ4n) is 5.78. The largest absolute Gasteiger partial charge is 0.493 e. The van der Waals surface area contributed by atoms with Gasteiger partial charge in [0.05, 0.1) is 60.0 Å². The van der Waals surface area contributed by atoms with Gasteiger partial charge < -0.3 is 48.6 Å². The van der Waals surface area contributed by atoms with Crippen molar-refractivity contribution in [1.82, 2.24) is 5.32 Å². The van der Waals surface area contributed by atoms with E-state index < -0.39 is 6.17 Å². The smallest absolute Gasteiger partial charge is 0.255 e. The van der Waals surface area contributed by atoms with Crippen LogP contribution in [0.2, 0.25) is 5.02 Å². The number of carbonyl (C=O) groups is 1. The number of ether oxygens (including phenoxy) is 7. The third kappa shape index (κ3) is 7.25. The molecule has 0 saturated heterocycles. The van der Waals surface area contributed by atoms with E-state index in [-0.39, 0.29) is 12.0 Å². The summed E-state index contributed by atoms with van der Waals surface area (Å²) in [6.45, 7) is 0.752. The Morgan fingerprint density at radius 3 is 2.08 bits per heavy atom. The van der Waals surface area contributed by atoms with Gasteiger partial charge in [-0.2, -0.15) is 0 Å². The predicted molar refractivity (Wildman–Crippen MR) is 188 cm³/mol. The Hall–Kier alpha value is -5.49. The molecule has 12 nitrogen and oxygen atoms in total. The van der Waals surface area contributed by atoms with Crippen LogP contribution in [-0.2, 0) is 4.84 Å². The standard InChI is InChI=1S/C37H38ClN3O9/c1-43-28-11-7-21(30-20-27(41-50-30)23-17-33(45-3)35(47-5)34(18-23)46-4)15-32(28)49-14-6-13-48-29-12-8-22(16-31(29)44-2)36-39-26-10-9-24(38)19-25(26)37(42)40-36/h7-12,15-19,30,36,39H,6,13-14,20H2,1-5H3,(H,40,42). The van der Waals surface area contributed by atoms with Gasteiger partial charge in [0.25, 0.3) is 5.91 Å². The van der Waals surface area contributed by atoms with Crippen molar-refractivity contribution in [3.63, 3.8) is 0 Å². The second-order valence-corrected chi connectivity index (χ2v) is 11.8. The lowest BCUT2D eigenvalue weighted by atomic mass is 9.99. The summed E-state index contributed by atoms with van der Waals surface area (Å²) in [4.78, 5) is 18.5. The molecule has 13 heteroatoms. The first-order chi connectivity index (χ1) is 24.3. The molecule has 2 heterocycles.